The van der Waals surface area contributed by atoms with Crippen LogP contribution in [0.5, 0.6) is 0 Å². The van der Waals surface area contributed by atoms with E-state index in [4.69, 9.17) is 9.96 Å². The standard InChI is InChI=1S/Ag.BHO3/c;2-1-4-3/h;3H/q+1;/p-1. The molecule has 0 heterocycles. The minimum Gasteiger partial charge on any atom is 1.00 e. The van der Waals surface area contributed by atoms with Crippen molar-refractivity contribution in [3.05, 3.63) is 0 Å². The second-order valence-electron chi connectivity index (χ2n) is 0.192. The molecule has 0 aliphatic rings. The fourth-order valence-electron chi connectivity index (χ4n) is 0. The summed E-state index contributed by atoms with van der Waals surface area (Å²) in [6.07, 6.45) is 0. The fourth-order valence-corrected chi connectivity index (χ4v) is 0. The molecule has 0 aromatic rings. The molecule has 0 radical (unpaired) electrons. The third kappa shape index (κ3) is 13.1. The van der Waals surface area contributed by atoms with E-state index in [2.05, 4.69) is 4.81 Å². The first kappa shape index (κ1) is 9.03. The van der Waals surface area contributed by atoms with Crippen LogP contribution in [-0.2, 0) is 31.9 Å². The molecule has 0 unspecified atom stereocenters. The van der Waals surface area contributed by atoms with Crippen LogP contribution in [0.15, 0.2) is 0 Å². The molecule has 32 valence electrons. The molecule has 5 heavy (non-hydrogen) atoms. The van der Waals surface area contributed by atoms with Gasteiger partial charge in [-0.3, -0.25) is 0 Å². The van der Waals surface area contributed by atoms with E-state index in [1.165, 1.54) is 0 Å². The third-order valence-electron chi connectivity index (χ3n) is 0.0393. The van der Waals surface area contributed by atoms with Crippen LogP contribution >= 0.6 is 0 Å². The summed E-state index contributed by atoms with van der Waals surface area (Å²) in [4.78, 5) is 2.61. The topological polar surface area (TPSA) is 49.4 Å². The summed E-state index contributed by atoms with van der Waals surface area (Å²) < 4.78 is 8.64. The molecule has 0 aromatic heterocycles. The molecule has 0 aromatic carbocycles. The van der Waals surface area contributed by atoms with Gasteiger partial charge >= 0.3 is 44.5 Å². The summed E-state index contributed by atoms with van der Waals surface area (Å²) in [6.45, 7) is 0. The van der Waals surface area contributed by atoms with Gasteiger partial charge in [0.2, 0.25) is 0 Å². The Morgan fingerprint density at radius 3 is 2.00 bits per heavy atom. The van der Waals surface area contributed by atoms with Crippen LogP contribution in [0.2, 0.25) is 0 Å². The molecule has 0 atom stereocenters. The largest absolute Gasteiger partial charge is 1.00 e. The van der Waals surface area contributed by atoms with Crippen molar-refractivity contribution in [1.29, 1.82) is 0 Å². The van der Waals surface area contributed by atoms with E-state index in [0.29, 0.717) is 0 Å². The third-order valence-corrected chi connectivity index (χ3v) is 0.0393. The molecule has 0 amide bonds. The zero-order valence-corrected chi connectivity index (χ0v) is 3.59. The number of hydrogen-bond acceptors (Lipinski definition) is 3. The van der Waals surface area contributed by atoms with Crippen molar-refractivity contribution in [2.45, 2.75) is 0 Å². The van der Waals surface area contributed by atoms with E-state index in [1.807, 2.05) is 0 Å². The first-order valence-electron chi connectivity index (χ1n) is 0.638. The molecule has 0 saturated heterocycles. The Balaban J connectivity index is 0. The minimum absolute atomic E-state index is 0. The smallest absolute Gasteiger partial charge is 1.00 e. The predicted octanol–water partition coefficient (Wildman–Crippen LogP) is -1.76. The summed E-state index contributed by atoms with van der Waals surface area (Å²) in [5.41, 5.74) is 0. The Labute approximate surface area is 45.0 Å². The first-order valence-corrected chi connectivity index (χ1v) is 0.638. The van der Waals surface area contributed by atoms with E-state index >= 15 is 0 Å². The molecule has 0 bridgehead atoms. The normalized spacial score (nSPS) is 3.40. The zero-order valence-electron chi connectivity index (χ0n) is 2.10. The van der Waals surface area contributed by atoms with E-state index in [-0.39, 0.29) is 29.7 Å². The van der Waals surface area contributed by atoms with Gasteiger partial charge in [0.05, 0.1) is 0 Å². The summed E-state index contributed by atoms with van der Waals surface area (Å²) in [5.74, 6) is 0. The molecule has 0 aliphatic carbocycles. The van der Waals surface area contributed by atoms with Crippen LogP contribution in [0.4, 0.5) is 0 Å². The van der Waals surface area contributed by atoms with Crippen LogP contribution in [0.25, 0.3) is 0 Å². The van der Waals surface area contributed by atoms with Crippen molar-refractivity contribution in [1.82, 2.24) is 0 Å². The van der Waals surface area contributed by atoms with Crippen molar-refractivity contribution in [3.63, 3.8) is 0 Å². The quantitative estimate of drug-likeness (QED) is 0.264. The molecule has 3 nitrogen and oxygen atoms in total. The van der Waals surface area contributed by atoms with Gasteiger partial charge in [-0.15, -0.1) is 0 Å². The number of rotatable bonds is 1. The summed E-state index contributed by atoms with van der Waals surface area (Å²) in [6, 6.07) is 0. The maximum Gasteiger partial charge on any atom is 1.00 e. The van der Waals surface area contributed by atoms with Crippen LogP contribution in [0.1, 0.15) is 0 Å². The Bertz CT molecular complexity index is 20.9. The summed E-state index contributed by atoms with van der Waals surface area (Å²) in [7, 11) is -0.181. The first-order chi connectivity index (χ1) is 1.91. The molecule has 0 rings (SSSR count). The average Bonchev–Trinajstić information content (AvgIpc) is 1.37. The summed E-state index contributed by atoms with van der Waals surface area (Å²) in [5, 5.41) is 8.43. The van der Waals surface area contributed by atoms with Gasteiger partial charge in [-0.25, -0.2) is 0 Å². The molecular formula is AgBO3. The monoisotopic (exact) mass is 166 g/mol. The van der Waals surface area contributed by atoms with E-state index in [1.54, 1.807) is 0 Å². The van der Waals surface area contributed by atoms with E-state index in [9.17, 15) is 0 Å². The molecule has 0 N–H and O–H groups in total. The van der Waals surface area contributed by atoms with E-state index in [0.717, 1.165) is 0 Å². The van der Waals surface area contributed by atoms with Gasteiger partial charge in [-0.05, 0) is 0 Å². The van der Waals surface area contributed by atoms with Crippen molar-refractivity contribution in [2.75, 3.05) is 0 Å². The maximum atomic E-state index is 8.64. The molecular weight excluding hydrogens is 167 g/mol. The Kier molecular flexibility index (Phi) is 16.0. The van der Waals surface area contributed by atoms with Crippen molar-refractivity contribution in [2.24, 2.45) is 0 Å². The molecule has 5 heteroatoms. The maximum absolute atomic E-state index is 8.64. The van der Waals surface area contributed by atoms with Crippen molar-refractivity contribution in [3.8, 4) is 0 Å². The molecule has 0 spiro atoms. The summed E-state index contributed by atoms with van der Waals surface area (Å²) >= 11 is 0. The van der Waals surface area contributed by atoms with Crippen LogP contribution in [0, 0.1) is 0 Å². The van der Waals surface area contributed by atoms with Gasteiger partial charge in [0, 0.05) is 0 Å². The van der Waals surface area contributed by atoms with Crippen molar-refractivity contribution < 1.29 is 37.1 Å². The molecule has 0 fully saturated rings. The van der Waals surface area contributed by atoms with E-state index < -0.39 is 0 Å². The minimum atomic E-state index is -0.181. The fraction of sp³-hybridized carbons (Fsp3) is 0. The van der Waals surface area contributed by atoms with Gasteiger partial charge in [0.15, 0.2) is 0 Å². The van der Waals surface area contributed by atoms with Gasteiger partial charge in [-0.1, -0.05) is 0 Å². The molecule has 0 aliphatic heterocycles. The predicted molar refractivity (Wildman–Crippen MR) is 7.53 cm³/mol. The number of hydrogen-bond donors (Lipinski definition) is 0. The van der Waals surface area contributed by atoms with Crippen LogP contribution < -0.4 is 5.26 Å². The van der Waals surface area contributed by atoms with Gasteiger partial charge in [-0.2, -0.15) is 0 Å². The van der Waals surface area contributed by atoms with Gasteiger partial charge in [0.1, 0.15) is 0 Å². The van der Waals surface area contributed by atoms with Crippen LogP contribution in [0.3, 0.4) is 0 Å². The van der Waals surface area contributed by atoms with Crippen molar-refractivity contribution >= 4 is 7.35 Å². The Morgan fingerprint density at radius 2 is 2.00 bits per heavy atom. The Hall–Kier alpha value is 0.365. The van der Waals surface area contributed by atoms with Crippen LogP contribution in [-0.4, -0.2) is 7.35 Å². The second-order valence-corrected chi connectivity index (χ2v) is 0.192. The zero-order chi connectivity index (χ0) is 3.41. The van der Waals surface area contributed by atoms with Gasteiger partial charge < -0.3 is 0 Å². The SMILES string of the molecule is O=BO[O-].[Ag+]. The van der Waals surface area contributed by atoms with Gasteiger partial charge in [0.25, 0.3) is 0 Å². The second kappa shape index (κ2) is 8.84. The Morgan fingerprint density at radius 1 is 1.80 bits per heavy atom. The average molecular weight is 167 g/mol. The molecule has 0 saturated carbocycles.